The monoisotopic (exact) mass is 535 g/mol. The van der Waals surface area contributed by atoms with Crippen LogP contribution in [0.15, 0.2) is 42.5 Å². The number of hydrogen-bond donors (Lipinski definition) is 2. The number of anilines is 2. The minimum atomic E-state index is -0.572. The van der Waals surface area contributed by atoms with Gasteiger partial charge >= 0.3 is 6.09 Å². The maximum atomic E-state index is 15.0. The van der Waals surface area contributed by atoms with Crippen LogP contribution in [0, 0.1) is 17.7 Å². The number of ether oxygens (including phenoxy) is 1. The molecule has 1 atom stereocenters. The molecule has 2 aromatic rings. The number of halogens is 1. The van der Waals surface area contributed by atoms with Gasteiger partial charge in [0, 0.05) is 58.1 Å². The van der Waals surface area contributed by atoms with Gasteiger partial charge in [-0.25, -0.2) is 9.18 Å². The zero-order valence-corrected chi connectivity index (χ0v) is 22.1. The fourth-order valence-electron chi connectivity index (χ4n) is 4.59. The summed E-state index contributed by atoms with van der Waals surface area (Å²) in [6.07, 6.45) is 0.694. The summed E-state index contributed by atoms with van der Waals surface area (Å²) in [6.45, 7) is 4.40. The molecule has 2 aliphatic heterocycles. The molecule has 9 nitrogen and oxygen atoms in total. The summed E-state index contributed by atoms with van der Waals surface area (Å²) in [5.41, 5.74) is 8.43. The third-order valence-corrected chi connectivity index (χ3v) is 6.78. The highest BCUT2D eigenvalue weighted by Gasteiger charge is 2.33. The van der Waals surface area contributed by atoms with Crippen molar-refractivity contribution in [2.75, 3.05) is 49.1 Å². The molecule has 0 aromatic heterocycles. The number of benzene rings is 2. The van der Waals surface area contributed by atoms with Crippen LogP contribution in [-0.2, 0) is 20.9 Å². The molecule has 3 N–H and O–H groups in total. The zero-order chi connectivity index (χ0) is 27.8. The number of nitrogens with one attached hydrogen (secondary N) is 1. The smallest absolute Gasteiger partial charge is 0.414 e. The summed E-state index contributed by atoms with van der Waals surface area (Å²) in [7, 11) is 0. The van der Waals surface area contributed by atoms with Crippen molar-refractivity contribution in [2.24, 2.45) is 5.73 Å². The molecule has 0 unspecified atom stereocenters. The number of rotatable bonds is 8. The van der Waals surface area contributed by atoms with Gasteiger partial charge in [-0.1, -0.05) is 24.0 Å². The van der Waals surface area contributed by atoms with Gasteiger partial charge in [0.05, 0.1) is 24.5 Å². The fourth-order valence-corrected chi connectivity index (χ4v) is 4.59. The van der Waals surface area contributed by atoms with Gasteiger partial charge in [0.1, 0.15) is 11.9 Å². The summed E-state index contributed by atoms with van der Waals surface area (Å²) >= 11 is 0. The quantitative estimate of drug-likeness (QED) is 0.398. The van der Waals surface area contributed by atoms with E-state index in [1.807, 2.05) is 34.1 Å². The van der Waals surface area contributed by atoms with E-state index in [0.717, 1.165) is 11.1 Å². The number of carbonyl (C=O) groups excluding carboxylic acids is 3. The molecule has 4 rings (SSSR count). The molecule has 0 spiro atoms. The van der Waals surface area contributed by atoms with E-state index in [-0.39, 0.29) is 24.9 Å². The van der Waals surface area contributed by atoms with Gasteiger partial charge < -0.3 is 25.6 Å². The first-order valence-electron chi connectivity index (χ1n) is 13.2. The van der Waals surface area contributed by atoms with Crippen molar-refractivity contribution in [3.63, 3.8) is 0 Å². The lowest BCUT2D eigenvalue weighted by molar-refractivity contribution is -0.131. The summed E-state index contributed by atoms with van der Waals surface area (Å²) < 4.78 is 20.3. The lowest BCUT2D eigenvalue weighted by atomic mass is 10.1. The van der Waals surface area contributed by atoms with Crippen molar-refractivity contribution in [1.82, 2.24) is 10.2 Å². The molecule has 2 aliphatic rings. The average Bonchev–Trinajstić information content (AvgIpc) is 3.32. The molecule has 2 aromatic carbocycles. The molecular weight excluding hydrogens is 501 g/mol. The van der Waals surface area contributed by atoms with Crippen LogP contribution in [0.2, 0.25) is 0 Å². The first kappa shape index (κ1) is 27.9. The Morgan fingerprint density at radius 1 is 1.13 bits per heavy atom. The topological polar surface area (TPSA) is 108 Å². The van der Waals surface area contributed by atoms with Crippen molar-refractivity contribution >= 4 is 29.3 Å². The average molecular weight is 536 g/mol. The van der Waals surface area contributed by atoms with E-state index in [0.29, 0.717) is 63.4 Å². The van der Waals surface area contributed by atoms with Crippen LogP contribution in [-0.4, -0.2) is 68.2 Å². The Morgan fingerprint density at radius 2 is 1.87 bits per heavy atom. The molecule has 0 aliphatic carbocycles. The second kappa shape index (κ2) is 13.1. The fraction of sp³-hybridized carbons (Fsp3) is 0.414. The van der Waals surface area contributed by atoms with E-state index in [1.54, 1.807) is 12.1 Å². The Balaban J connectivity index is 1.22. The number of unbranched alkanes of at least 4 members (excludes halogenated alkanes) is 1. The van der Waals surface area contributed by atoms with Crippen LogP contribution in [0.4, 0.5) is 20.6 Å². The van der Waals surface area contributed by atoms with E-state index >= 15 is 4.39 Å². The van der Waals surface area contributed by atoms with Crippen molar-refractivity contribution in [2.45, 2.75) is 38.8 Å². The van der Waals surface area contributed by atoms with E-state index in [9.17, 15) is 14.4 Å². The van der Waals surface area contributed by atoms with Crippen LogP contribution < -0.4 is 20.9 Å². The zero-order valence-electron chi connectivity index (χ0n) is 22.1. The third kappa shape index (κ3) is 7.48. The van der Waals surface area contributed by atoms with E-state index in [4.69, 9.17) is 10.5 Å². The molecular formula is C29H34FN5O4. The van der Waals surface area contributed by atoms with E-state index in [2.05, 4.69) is 17.2 Å². The maximum Gasteiger partial charge on any atom is 0.414 e. The summed E-state index contributed by atoms with van der Waals surface area (Å²) in [5.74, 6) is 5.66. The Kier molecular flexibility index (Phi) is 9.39. The molecule has 2 heterocycles. The Labute approximate surface area is 228 Å². The third-order valence-electron chi connectivity index (χ3n) is 6.78. The molecule has 10 heteroatoms. The second-order valence-electron chi connectivity index (χ2n) is 9.61. The maximum absolute atomic E-state index is 15.0. The van der Waals surface area contributed by atoms with Crippen molar-refractivity contribution in [1.29, 1.82) is 0 Å². The summed E-state index contributed by atoms with van der Waals surface area (Å²) in [6, 6.07) is 12.5. The van der Waals surface area contributed by atoms with Crippen LogP contribution in [0.1, 0.15) is 37.3 Å². The highest BCUT2D eigenvalue weighted by atomic mass is 19.1. The number of nitrogens with two attached hydrogens (primary N) is 1. The lowest BCUT2D eigenvalue weighted by Gasteiger charge is -2.36. The molecule has 2 saturated heterocycles. The minimum absolute atomic E-state index is 0.0842. The summed E-state index contributed by atoms with van der Waals surface area (Å²) in [4.78, 5) is 41.1. The standard InChI is InChI=1S/C29H34FN5O4/c1-21(36)32-19-25-20-35(29(38)39-25)24-11-12-27(26(30)17-24)33-13-15-34(16-14-33)28(37)6-4-2-3-5-22-7-9-23(18-31)10-8-22/h7-12,17,25H,2,4,6,13-16,18-20,31H2,1H3,(H,32,36)/t25-/m0/s1. The van der Waals surface area contributed by atoms with Gasteiger partial charge in [-0.3, -0.25) is 14.5 Å². The van der Waals surface area contributed by atoms with Crippen molar-refractivity contribution < 1.29 is 23.5 Å². The highest BCUT2D eigenvalue weighted by molar-refractivity contribution is 5.90. The Hall–Kier alpha value is -4.10. The van der Waals surface area contributed by atoms with E-state index in [1.165, 1.54) is 17.9 Å². The van der Waals surface area contributed by atoms with Crippen molar-refractivity contribution in [3.8, 4) is 11.8 Å². The number of piperazine rings is 1. The lowest BCUT2D eigenvalue weighted by Crippen LogP contribution is -2.49. The van der Waals surface area contributed by atoms with Gasteiger partial charge in [0.25, 0.3) is 0 Å². The number of hydrogen-bond acceptors (Lipinski definition) is 6. The molecule has 3 amide bonds. The van der Waals surface area contributed by atoms with Gasteiger partial charge in [0.15, 0.2) is 0 Å². The van der Waals surface area contributed by atoms with Crippen LogP contribution in [0.3, 0.4) is 0 Å². The largest absolute Gasteiger partial charge is 0.442 e. The Morgan fingerprint density at radius 3 is 2.54 bits per heavy atom. The van der Waals surface area contributed by atoms with Crippen molar-refractivity contribution in [3.05, 3.63) is 59.4 Å². The van der Waals surface area contributed by atoms with Gasteiger partial charge in [-0.2, -0.15) is 0 Å². The SMILES string of the molecule is CC(=O)NC[C@H]1CN(c2ccc(N3CCN(C(=O)CCCC#Cc4ccc(CN)cc4)CC3)c(F)c2)C(=O)O1. The number of cyclic esters (lactones) is 1. The predicted octanol–water partition coefficient (Wildman–Crippen LogP) is 2.62. The number of amides is 3. The normalized spacial score (nSPS) is 16.9. The minimum Gasteiger partial charge on any atom is -0.442 e. The molecule has 39 heavy (non-hydrogen) atoms. The number of carbonyl (C=O) groups is 3. The molecule has 206 valence electrons. The van der Waals surface area contributed by atoms with Crippen LogP contribution in [0.25, 0.3) is 0 Å². The first-order valence-corrected chi connectivity index (χ1v) is 13.2. The molecule has 0 saturated carbocycles. The van der Waals surface area contributed by atoms with Gasteiger partial charge in [-0.05, 0) is 42.3 Å². The van der Waals surface area contributed by atoms with Gasteiger partial charge in [-0.15, -0.1) is 0 Å². The molecule has 0 radical (unpaired) electrons. The molecule has 0 bridgehead atoms. The van der Waals surface area contributed by atoms with Gasteiger partial charge in [0.2, 0.25) is 11.8 Å². The second-order valence-corrected chi connectivity index (χ2v) is 9.61. The number of nitrogens with zero attached hydrogens (tertiary/aromatic N) is 3. The van der Waals surface area contributed by atoms with Crippen LogP contribution in [0.5, 0.6) is 0 Å². The predicted molar refractivity (Wildman–Crippen MR) is 147 cm³/mol. The summed E-state index contributed by atoms with van der Waals surface area (Å²) in [5, 5.41) is 2.62. The van der Waals surface area contributed by atoms with Crippen LogP contribution >= 0.6 is 0 Å². The van der Waals surface area contributed by atoms with E-state index < -0.39 is 18.0 Å². The first-order chi connectivity index (χ1) is 18.8. The molecule has 2 fully saturated rings. The highest BCUT2D eigenvalue weighted by Crippen LogP contribution is 2.28. The Bertz CT molecular complexity index is 1250.